The molecule has 1 aliphatic heterocycles. The fourth-order valence-corrected chi connectivity index (χ4v) is 3.77. The second-order valence-corrected chi connectivity index (χ2v) is 5.67. The minimum atomic E-state index is 0.496. The summed E-state index contributed by atoms with van der Waals surface area (Å²) in [6.45, 7) is 4.30. The standard InChI is InChI=1S/C9H14N2S2/c1-3-7-5-12-9(11-7)8-4-10-6(2)13-8/h4,7,9,11H,3,5H2,1-2H3. The SMILES string of the molecule is CCC1CSC(c2cnc(C)s2)N1. The summed E-state index contributed by atoms with van der Waals surface area (Å²) in [5, 5.41) is 5.26. The van der Waals surface area contributed by atoms with Gasteiger partial charge in [0.2, 0.25) is 0 Å². The summed E-state index contributed by atoms with van der Waals surface area (Å²) in [6, 6.07) is 0.692. The predicted octanol–water partition coefficient (Wildman–Crippen LogP) is 2.57. The molecule has 2 nitrogen and oxygen atoms in total. The van der Waals surface area contributed by atoms with Gasteiger partial charge in [0.25, 0.3) is 0 Å². The first-order valence-electron chi connectivity index (χ1n) is 4.59. The van der Waals surface area contributed by atoms with Crippen molar-refractivity contribution in [2.75, 3.05) is 5.75 Å². The smallest absolute Gasteiger partial charge is 0.0901 e. The highest BCUT2D eigenvalue weighted by atomic mass is 32.2. The Bertz CT molecular complexity index is 285. The molecule has 1 N–H and O–H groups in total. The third kappa shape index (κ3) is 2.06. The first kappa shape index (κ1) is 9.49. The monoisotopic (exact) mass is 214 g/mol. The molecule has 1 fully saturated rings. The van der Waals surface area contributed by atoms with E-state index in [9.17, 15) is 0 Å². The van der Waals surface area contributed by atoms with Gasteiger partial charge in [-0.05, 0) is 13.3 Å². The Hall–Kier alpha value is -0.0600. The maximum atomic E-state index is 4.28. The number of thioether (sulfide) groups is 1. The van der Waals surface area contributed by atoms with E-state index in [1.807, 2.05) is 18.0 Å². The number of rotatable bonds is 2. The Kier molecular flexibility index (Phi) is 2.91. The highest BCUT2D eigenvalue weighted by Gasteiger charge is 2.25. The lowest BCUT2D eigenvalue weighted by Crippen LogP contribution is -2.24. The van der Waals surface area contributed by atoms with Crippen LogP contribution in [0.3, 0.4) is 0 Å². The van der Waals surface area contributed by atoms with Crippen LogP contribution in [-0.4, -0.2) is 16.8 Å². The first-order chi connectivity index (χ1) is 6.29. The van der Waals surface area contributed by atoms with Crippen molar-refractivity contribution in [3.63, 3.8) is 0 Å². The number of aryl methyl sites for hydroxylation is 1. The summed E-state index contributed by atoms with van der Waals surface area (Å²) in [5.74, 6) is 1.23. The summed E-state index contributed by atoms with van der Waals surface area (Å²) in [6.07, 6.45) is 3.23. The number of thiazole rings is 1. The summed E-state index contributed by atoms with van der Waals surface area (Å²) < 4.78 is 0. The van der Waals surface area contributed by atoms with Crippen molar-refractivity contribution in [1.82, 2.24) is 10.3 Å². The molecule has 13 heavy (non-hydrogen) atoms. The third-order valence-corrected chi connectivity index (χ3v) is 4.69. The zero-order chi connectivity index (χ0) is 9.26. The molecule has 0 radical (unpaired) electrons. The lowest BCUT2D eigenvalue weighted by molar-refractivity contribution is 0.564. The van der Waals surface area contributed by atoms with Gasteiger partial charge in [-0.15, -0.1) is 23.1 Å². The van der Waals surface area contributed by atoms with Crippen LogP contribution >= 0.6 is 23.1 Å². The fourth-order valence-electron chi connectivity index (χ4n) is 1.42. The molecule has 0 bridgehead atoms. The van der Waals surface area contributed by atoms with Gasteiger partial charge in [-0.1, -0.05) is 6.92 Å². The Morgan fingerprint density at radius 2 is 2.54 bits per heavy atom. The van der Waals surface area contributed by atoms with E-state index in [-0.39, 0.29) is 0 Å². The number of nitrogens with one attached hydrogen (secondary N) is 1. The summed E-state index contributed by atoms with van der Waals surface area (Å²) in [7, 11) is 0. The summed E-state index contributed by atoms with van der Waals surface area (Å²) >= 11 is 3.80. The van der Waals surface area contributed by atoms with E-state index in [0.29, 0.717) is 11.4 Å². The predicted molar refractivity (Wildman–Crippen MR) is 59.3 cm³/mol. The van der Waals surface area contributed by atoms with Crippen LogP contribution in [0.15, 0.2) is 6.20 Å². The maximum Gasteiger partial charge on any atom is 0.0901 e. The zero-order valence-electron chi connectivity index (χ0n) is 7.91. The largest absolute Gasteiger partial charge is 0.297 e. The van der Waals surface area contributed by atoms with Crippen LogP contribution in [0.4, 0.5) is 0 Å². The molecule has 2 heterocycles. The van der Waals surface area contributed by atoms with Crippen molar-refractivity contribution in [3.8, 4) is 0 Å². The van der Waals surface area contributed by atoms with E-state index < -0.39 is 0 Å². The molecule has 2 unspecified atom stereocenters. The normalized spacial score (nSPS) is 28.2. The Morgan fingerprint density at radius 3 is 3.08 bits per heavy atom. The molecule has 0 aliphatic carbocycles. The van der Waals surface area contributed by atoms with Gasteiger partial charge in [0.05, 0.1) is 15.3 Å². The molecule has 1 aromatic rings. The second kappa shape index (κ2) is 3.98. The van der Waals surface area contributed by atoms with Crippen molar-refractivity contribution in [3.05, 3.63) is 16.1 Å². The summed E-state index contributed by atoms with van der Waals surface area (Å²) in [4.78, 5) is 5.65. The van der Waals surface area contributed by atoms with Gasteiger partial charge in [0, 0.05) is 18.0 Å². The molecule has 4 heteroatoms. The van der Waals surface area contributed by atoms with Crippen LogP contribution in [0.5, 0.6) is 0 Å². The second-order valence-electron chi connectivity index (χ2n) is 3.27. The minimum absolute atomic E-state index is 0.496. The van der Waals surface area contributed by atoms with Crippen LogP contribution in [0, 0.1) is 6.92 Å². The van der Waals surface area contributed by atoms with E-state index in [4.69, 9.17) is 0 Å². The molecule has 1 saturated heterocycles. The van der Waals surface area contributed by atoms with Crippen LogP contribution in [-0.2, 0) is 0 Å². The van der Waals surface area contributed by atoms with Crippen LogP contribution in [0.1, 0.15) is 28.6 Å². The minimum Gasteiger partial charge on any atom is -0.297 e. The molecule has 2 atom stereocenters. The van der Waals surface area contributed by atoms with Gasteiger partial charge in [-0.2, -0.15) is 0 Å². The molecule has 1 aliphatic rings. The van der Waals surface area contributed by atoms with Gasteiger partial charge in [-0.25, -0.2) is 4.98 Å². The number of hydrogen-bond acceptors (Lipinski definition) is 4. The molecule has 2 rings (SSSR count). The van der Waals surface area contributed by atoms with E-state index in [2.05, 4.69) is 24.1 Å². The molecule has 0 saturated carbocycles. The molecular formula is C9H14N2S2. The highest BCUT2D eigenvalue weighted by Crippen LogP contribution is 2.35. The quantitative estimate of drug-likeness (QED) is 0.819. The molecule has 0 amide bonds. The average Bonchev–Trinajstić information content (AvgIpc) is 2.71. The fraction of sp³-hybridized carbons (Fsp3) is 0.667. The van der Waals surface area contributed by atoms with Crippen molar-refractivity contribution in [1.29, 1.82) is 0 Å². The van der Waals surface area contributed by atoms with Crippen molar-refractivity contribution < 1.29 is 0 Å². The maximum absolute atomic E-state index is 4.28. The first-order valence-corrected chi connectivity index (χ1v) is 6.46. The molecular weight excluding hydrogens is 200 g/mol. The molecule has 72 valence electrons. The lowest BCUT2D eigenvalue weighted by Gasteiger charge is -2.08. The van der Waals surface area contributed by atoms with Crippen LogP contribution in [0.2, 0.25) is 0 Å². The van der Waals surface area contributed by atoms with Crippen molar-refractivity contribution >= 4 is 23.1 Å². The average molecular weight is 214 g/mol. The number of hydrogen-bond donors (Lipinski definition) is 1. The van der Waals surface area contributed by atoms with E-state index in [1.54, 1.807) is 11.3 Å². The Morgan fingerprint density at radius 1 is 1.69 bits per heavy atom. The van der Waals surface area contributed by atoms with Gasteiger partial charge >= 0.3 is 0 Å². The lowest BCUT2D eigenvalue weighted by atomic mass is 10.2. The number of aromatic nitrogens is 1. The Balaban J connectivity index is 2.03. The van der Waals surface area contributed by atoms with Crippen LogP contribution in [0.25, 0.3) is 0 Å². The van der Waals surface area contributed by atoms with Gasteiger partial charge in [0.1, 0.15) is 0 Å². The highest BCUT2D eigenvalue weighted by molar-refractivity contribution is 7.99. The van der Waals surface area contributed by atoms with E-state index in [1.165, 1.54) is 17.1 Å². The van der Waals surface area contributed by atoms with Gasteiger partial charge in [0.15, 0.2) is 0 Å². The van der Waals surface area contributed by atoms with E-state index >= 15 is 0 Å². The topological polar surface area (TPSA) is 24.9 Å². The third-order valence-electron chi connectivity index (χ3n) is 2.24. The number of nitrogens with zero attached hydrogens (tertiary/aromatic N) is 1. The summed E-state index contributed by atoms with van der Waals surface area (Å²) in [5.41, 5.74) is 0. The molecule has 0 spiro atoms. The van der Waals surface area contributed by atoms with Crippen molar-refractivity contribution in [2.24, 2.45) is 0 Å². The van der Waals surface area contributed by atoms with Gasteiger partial charge < -0.3 is 0 Å². The molecule has 1 aromatic heterocycles. The molecule has 0 aromatic carbocycles. The van der Waals surface area contributed by atoms with Crippen LogP contribution < -0.4 is 5.32 Å². The Labute approximate surface area is 87.1 Å². The van der Waals surface area contributed by atoms with Crippen molar-refractivity contribution in [2.45, 2.75) is 31.7 Å². The van der Waals surface area contributed by atoms with Gasteiger partial charge in [-0.3, -0.25) is 5.32 Å². The van der Waals surface area contributed by atoms with E-state index in [0.717, 1.165) is 5.01 Å². The zero-order valence-corrected chi connectivity index (χ0v) is 9.54.